The molecule has 1 atom stereocenters. The van der Waals surface area contributed by atoms with Crippen molar-refractivity contribution in [2.24, 2.45) is 0 Å². The zero-order valence-electron chi connectivity index (χ0n) is 17.9. The molecule has 0 saturated heterocycles. The van der Waals surface area contributed by atoms with Gasteiger partial charge in [0.2, 0.25) is 11.8 Å². The van der Waals surface area contributed by atoms with E-state index in [1.807, 2.05) is 73.7 Å². The van der Waals surface area contributed by atoms with Gasteiger partial charge in [-0.2, -0.15) is 0 Å². The number of aromatic nitrogens is 2. The predicted octanol–water partition coefficient (Wildman–Crippen LogP) is 5.82. The van der Waals surface area contributed by atoms with E-state index in [1.165, 1.54) is 0 Å². The molecule has 2 heterocycles. The minimum Gasteiger partial charge on any atom is -0.467 e. The number of amides is 1. The van der Waals surface area contributed by atoms with Gasteiger partial charge >= 0.3 is 0 Å². The van der Waals surface area contributed by atoms with E-state index in [0.717, 1.165) is 22.3 Å². The molecule has 162 valence electrons. The summed E-state index contributed by atoms with van der Waals surface area (Å²) in [6.45, 7) is 2.01. The number of furan rings is 1. The normalized spacial score (nSPS) is 11.8. The van der Waals surface area contributed by atoms with Crippen molar-refractivity contribution in [1.29, 1.82) is 0 Å². The van der Waals surface area contributed by atoms with Crippen LogP contribution in [0.2, 0.25) is 0 Å². The van der Waals surface area contributed by atoms with Gasteiger partial charge in [0.25, 0.3) is 5.91 Å². The number of hydrogen-bond acceptors (Lipinski definition) is 5. The smallest absolute Gasteiger partial charge is 0.252 e. The first kappa shape index (κ1) is 20.5. The summed E-state index contributed by atoms with van der Waals surface area (Å²) in [5.41, 5.74) is 4.18. The lowest BCUT2D eigenvalue weighted by Crippen LogP contribution is -2.29. The van der Waals surface area contributed by atoms with Crippen LogP contribution in [0.1, 0.15) is 33.3 Å². The standard InChI is InChI=1S/C27H21N3O3/c1-18-7-5-10-22(17-18)27-30-29-26(33-27)21-14-12-20(13-15-21)25(31)28-24(23-11-6-16-32-23)19-8-3-2-4-9-19/h2-17,24H,1H3,(H,28,31). The fourth-order valence-electron chi connectivity index (χ4n) is 3.63. The second-order valence-electron chi connectivity index (χ2n) is 7.69. The van der Waals surface area contributed by atoms with Crippen molar-refractivity contribution in [2.75, 3.05) is 0 Å². The fraction of sp³-hybridized carbons (Fsp3) is 0.0741. The van der Waals surface area contributed by atoms with E-state index in [4.69, 9.17) is 8.83 Å². The van der Waals surface area contributed by atoms with Crippen molar-refractivity contribution in [1.82, 2.24) is 15.5 Å². The molecule has 3 aromatic carbocycles. The van der Waals surface area contributed by atoms with Crippen molar-refractivity contribution >= 4 is 5.91 Å². The number of benzene rings is 3. The van der Waals surface area contributed by atoms with Crippen molar-refractivity contribution in [3.8, 4) is 22.9 Å². The van der Waals surface area contributed by atoms with Crippen LogP contribution in [-0.4, -0.2) is 16.1 Å². The van der Waals surface area contributed by atoms with Crippen molar-refractivity contribution in [3.05, 3.63) is 120 Å². The molecule has 6 heteroatoms. The summed E-state index contributed by atoms with van der Waals surface area (Å²) in [6, 6.07) is 27.9. The van der Waals surface area contributed by atoms with Crippen molar-refractivity contribution in [2.45, 2.75) is 13.0 Å². The van der Waals surface area contributed by atoms with Crippen LogP contribution in [0.25, 0.3) is 22.9 Å². The summed E-state index contributed by atoms with van der Waals surface area (Å²) in [5.74, 6) is 1.31. The zero-order chi connectivity index (χ0) is 22.6. The quantitative estimate of drug-likeness (QED) is 0.363. The van der Waals surface area contributed by atoms with Crippen LogP contribution in [0.4, 0.5) is 0 Å². The molecule has 5 rings (SSSR count). The molecule has 0 saturated carbocycles. The number of hydrogen-bond donors (Lipinski definition) is 1. The number of aryl methyl sites for hydroxylation is 1. The third-order valence-electron chi connectivity index (χ3n) is 5.32. The van der Waals surface area contributed by atoms with Gasteiger partial charge in [0, 0.05) is 16.7 Å². The molecular weight excluding hydrogens is 414 g/mol. The monoisotopic (exact) mass is 435 g/mol. The Labute approximate surface area is 190 Å². The van der Waals surface area contributed by atoms with E-state index in [9.17, 15) is 4.79 Å². The van der Waals surface area contributed by atoms with E-state index < -0.39 is 0 Å². The lowest BCUT2D eigenvalue weighted by Gasteiger charge is -2.17. The second-order valence-corrected chi connectivity index (χ2v) is 7.69. The first-order valence-corrected chi connectivity index (χ1v) is 10.6. The zero-order valence-corrected chi connectivity index (χ0v) is 17.9. The Morgan fingerprint density at radius 3 is 2.27 bits per heavy atom. The molecule has 1 unspecified atom stereocenters. The second kappa shape index (κ2) is 8.96. The Hall–Kier alpha value is -4.45. The summed E-state index contributed by atoms with van der Waals surface area (Å²) in [4.78, 5) is 13.0. The first-order chi connectivity index (χ1) is 16.2. The molecule has 0 fully saturated rings. The largest absolute Gasteiger partial charge is 0.467 e. The fourth-order valence-corrected chi connectivity index (χ4v) is 3.63. The molecule has 0 aliphatic carbocycles. The molecule has 0 radical (unpaired) electrons. The molecule has 1 N–H and O–H groups in total. The highest BCUT2D eigenvalue weighted by Crippen LogP contribution is 2.26. The van der Waals surface area contributed by atoms with E-state index in [0.29, 0.717) is 23.1 Å². The van der Waals surface area contributed by atoms with Crippen LogP contribution < -0.4 is 5.32 Å². The number of rotatable bonds is 6. The van der Waals surface area contributed by atoms with Gasteiger partial charge in [-0.05, 0) is 61.0 Å². The lowest BCUT2D eigenvalue weighted by atomic mass is 10.0. The third kappa shape index (κ3) is 4.45. The van der Waals surface area contributed by atoms with Crippen molar-refractivity contribution in [3.63, 3.8) is 0 Å². The third-order valence-corrected chi connectivity index (χ3v) is 5.32. The Balaban J connectivity index is 1.34. The molecule has 0 aliphatic rings. The van der Waals surface area contributed by atoms with Crippen molar-refractivity contribution < 1.29 is 13.6 Å². The Morgan fingerprint density at radius 1 is 0.818 bits per heavy atom. The Morgan fingerprint density at radius 2 is 1.58 bits per heavy atom. The van der Waals surface area contributed by atoms with E-state index in [1.54, 1.807) is 30.5 Å². The van der Waals surface area contributed by atoms with Crippen LogP contribution in [0, 0.1) is 6.92 Å². The SMILES string of the molecule is Cc1cccc(-c2nnc(-c3ccc(C(=O)NC(c4ccccc4)c4ccco4)cc3)o2)c1. The minimum absolute atomic E-state index is 0.210. The average molecular weight is 435 g/mol. The van der Waals surface area contributed by atoms with Crippen LogP contribution in [0.5, 0.6) is 0 Å². The number of nitrogens with one attached hydrogen (secondary N) is 1. The maximum atomic E-state index is 13.0. The summed E-state index contributed by atoms with van der Waals surface area (Å²) < 4.78 is 11.4. The van der Waals surface area contributed by atoms with Gasteiger partial charge in [-0.1, -0.05) is 48.0 Å². The maximum Gasteiger partial charge on any atom is 0.252 e. The Bertz CT molecular complexity index is 1360. The minimum atomic E-state index is -0.388. The molecule has 1 amide bonds. The topological polar surface area (TPSA) is 81.2 Å². The van der Waals surface area contributed by atoms with Gasteiger partial charge in [-0.3, -0.25) is 4.79 Å². The van der Waals surface area contributed by atoms with E-state index in [2.05, 4.69) is 15.5 Å². The summed E-state index contributed by atoms with van der Waals surface area (Å²) in [5, 5.41) is 11.4. The molecule has 0 bridgehead atoms. The van der Waals surface area contributed by atoms with Gasteiger partial charge in [0.15, 0.2) is 0 Å². The van der Waals surface area contributed by atoms with Gasteiger partial charge in [0.1, 0.15) is 11.8 Å². The number of nitrogens with zero attached hydrogens (tertiary/aromatic N) is 2. The van der Waals surface area contributed by atoms with Gasteiger partial charge in [-0.15, -0.1) is 10.2 Å². The van der Waals surface area contributed by atoms with Crippen LogP contribution >= 0.6 is 0 Å². The van der Waals surface area contributed by atoms with Gasteiger partial charge in [-0.25, -0.2) is 0 Å². The lowest BCUT2D eigenvalue weighted by molar-refractivity contribution is 0.0939. The average Bonchev–Trinajstić information content (AvgIpc) is 3.56. The van der Waals surface area contributed by atoms with Gasteiger partial charge in [0.05, 0.1) is 6.26 Å². The van der Waals surface area contributed by atoms with Crippen LogP contribution in [0.3, 0.4) is 0 Å². The summed E-state index contributed by atoms with van der Waals surface area (Å²) in [7, 11) is 0. The molecular formula is C27H21N3O3. The molecule has 33 heavy (non-hydrogen) atoms. The predicted molar refractivity (Wildman–Crippen MR) is 124 cm³/mol. The molecule has 0 spiro atoms. The van der Waals surface area contributed by atoms with Crippen LogP contribution in [0.15, 0.2) is 106 Å². The van der Waals surface area contributed by atoms with E-state index >= 15 is 0 Å². The number of carbonyl (C=O) groups is 1. The maximum absolute atomic E-state index is 13.0. The summed E-state index contributed by atoms with van der Waals surface area (Å²) in [6.07, 6.45) is 1.60. The highest BCUT2D eigenvalue weighted by Gasteiger charge is 2.20. The molecule has 5 aromatic rings. The molecule has 0 aliphatic heterocycles. The highest BCUT2D eigenvalue weighted by atomic mass is 16.4. The molecule has 6 nitrogen and oxygen atoms in total. The Kier molecular flexibility index (Phi) is 5.55. The highest BCUT2D eigenvalue weighted by molar-refractivity contribution is 5.95. The van der Waals surface area contributed by atoms with E-state index in [-0.39, 0.29) is 11.9 Å². The molecule has 2 aromatic heterocycles. The summed E-state index contributed by atoms with van der Waals surface area (Å²) >= 11 is 0. The number of carbonyl (C=O) groups excluding carboxylic acids is 1. The van der Waals surface area contributed by atoms with Gasteiger partial charge < -0.3 is 14.2 Å². The first-order valence-electron chi connectivity index (χ1n) is 10.6. The van der Waals surface area contributed by atoms with Crippen LogP contribution in [-0.2, 0) is 0 Å².